The maximum Gasteiger partial charge on any atom is 0.233 e. The summed E-state index contributed by atoms with van der Waals surface area (Å²) in [5.74, 6) is -0.165. The molecule has 2 aromatic rings. The molecule has 2 aromatic carbocycles. The number of carbonyl (C=O) groups excluding carboxylic acids is 2. The van der Waals surface area contributed by atoms with Crippen LogP contribution in [0, 0.1) is 0 Å². The molecule has 0 atom stereocenters. The molecule has 2 rings (SSSR count). The number of carbonyl (C=O) groups is 2. The van der Waals surface area contributed by atoms with E-state index in [1.54, 1.807) is 30.3 Å². The number of nitrogens with one attached hydrogen (secondary N) is 2. The van der Waals surface area contributed by atoms with Crippen LogP contribution in [0.4, 0.5) is 5.69 Å². The van der Waals surface area contributed by atoms with Crippen LogP contribution >= 0.6 is 11.6 Å². The van der Waals surface area contributed by atoms with Crippen molar-refractivity contribution in [1.29, 1.82) is 0 Å². The third kappa shape index (κ3) is 5.59. The molecule has 0 heterocycles. The molecule has 0 aliphatic heterocycles. The Kier molecular flexibility index (Phi) is 6.63. The Balaban J connectivity index is 1.83. The second-order valence-electron chi connectivity index (χ2n) is 5.06. The normalized spacial score (nSPS) is 10.1. The lowest BCUT2D eigenvalue weighted by atomic mass is 10.2. The number of hydrogen-bond donors (Lipinski definition) is 2. The number of anilines is 1. The molecule has 0 fully saturated rings. The SMILES string of the molecule is CCOc1ccccc1NC(=O)CC(=O)NCc1ccc(Cl)cc1. The van der Waals surface area contributed by atoms with E-state index in [0.717, 1.165) is 5.56 Å². The van der Waals surface area contributed by atoms with Crippen molar-refractivity contribution in [2.45, 2.75) is 19.9 Å². The topological polar surface area (TPSA) is 67.4 Å². The molecule has 0 unspecified atom stereocenters. The first-order valence-electron chi connectivity index (χ1n) is 7.61. The number of amides is 2. The number of hydrogen-bond acceptors (Lipinski definition) is 3. The van der Waals surface area contributed by atoms with Gasteiger partial charge in [0.05, 0.1) is 12.3 Å². The molecule has 0 aliphatic carbocycles. The van der Waals surface area contributed by atoms with Gasteiger partial charge in [-0.2, -0.15) is 0 Å². The van der Waals surface area contributed by atoms with Crippen molar-refractivity contribution in [1.82, 2.24) is 5.32 Å². The molecule has 0 bridgehead atoms. The molecule has 0 aliphatic rings. The van der Waals surface area contributed by atoms with Crippen LogP contribution in [-0.4, -0.2) is 18.4 Å². The fourth-order valence-electron chi connectivity index (χ4n) is 2.06. The van der Waals surface area contributed by atoms with Gasteiger partial charge >= 0.3 is 0 Å². The zero-order valence-electron chi connectivity index (χ0n) is 13.3. The standard InChI is InChI=1S/C18H19ClN2O3/c1-2-24-16-6-4-3-5-15(16)21-18(23)11-17(22)20-12-13-7-9-14(19)10-8-13/h3-10H,2,11-12H2,1H3,(H,20,22)(H,21,23). The van der Waals surface area contributed by atoms with E-state index in [-0.39, 0.29) is 12.3 Å². The lowest BCUT2D eigenvalue weighted by Crippen LogP contribution is -2.27. The summed E-state index contributed by atoms with van der Waals surface area (Å²) in [6.07, 6.45) is -0.256. The van der Waals surface area contributed by atoms with Crippen molar-refractivity contribution in [2.24, 2.45) is 0 Å². The van der Waals surface area contributed by atoms with Crippen LogP contribution in [-0.2, 0) is 16.1 Å². The maximum absolute atomic E-state index is 12.0. The van der Waals surface area contributed by atoms with Crippen molar-refractivity contribution in [3.05, 3.63) is 59.1 Å². The van der Waals surface area contributed by atoms with E-state index < -0.39 is 5.91 Å². The number of benzene rings is 2. The van der Waals surface area contributed by atoms with E-state index in [2.05, 4.69) is 10.6 Å². The highest BCUT2D eigenvalue weighted by atomic mass is 35.5. The summed E-state index contributed by atoms with van der Waals surface area (Å²) in [6.45, 7) is 2.70. The number of para-hydroxylation sites is 2. The van der Waals surface area contributed by atoms with Crippen molar-refractivity contribution in [2.75, 3.05) is 11.9 Å². The Bertz CT molecular complexity index is 702. The van der Waals surface area contributed by atoms with E-state index >= 15 is 0 Å². The number of rotatable bonds is 7. The third-order valence-electron chi connectivity index (χ3n) is 3.19. The predicted molar refractivity (Wildman–Crippen MR) is 94.2 cm³/mol. The van der Waals surface area contributed by atoms with E-state index in [4.69, 9.17) is 16.3 Å². The lowest BCUT2D eigenvalue weighted by Gasteiger charge is -2.11. The van der Waals surface area contributed by atoms with Gasteiger partial charge in [-0.15, -0.1) is 0 Å². The van der Waals surface area contributed by atoms with Crippen LogP contribution < -0.4 is 15.4 Å². The van der Waals surface area contributed by atoms with Crippen LogP contribution in [0.3, 0.4) is 0 Å². The first-order valence-corrected chi connectivity index (χ1v) is 7.99. The smallest absolute Gasteiger partial charge is 0.233 e. The van der Waals surface area contributed by atoms with Gasteiger partial charge < -0.3 is 15.4 Å². The summed E-state index contributed by atoms with van der Waals surface area (Å²) in [6, 6.07) is 14.2. The summed E-state index contributed by atoms with van der Waals surface area (Å²) in [5.41, 5.74) is 1.46. The zero-order chi connectivity index (χ0) is 17.4. The van der Waals surface area contributed by atoms with Gasteiger partial charge in [0, 0.05) is 11.6 Å². The quantitative estimate of drug-likeness (QED) is 0.755. The second-order valence-corrected chi connectivity index (χ2v) is 5.49. The highest BCUT2D eigenvalue weighted by molar-refractivity contribution is 6.30. The highest BCUT2D eigenvalue weighted by Gasteiger charge is 2.11. The Morgan fingerprint density at radius 1 is 1.04 bits per heavy atom. The van der Waals surface area contributed by atoms with Gasteiger partial charge in [0.15, 0.2) is 0 Å². The molecule has 0 saturated carbocycles. The van der Waals surface area contributed by atoms with E-state index in [9.17, 15) is 9.59 Å². The van der Waals surface area contributed by atoms with E-state index in [1.165, 1.54) is 0 Å². The van der Waals surface area contributed by atoms with Gasteiger partial charge in [-0.3, -0.25) is 9.59 Å². The molecule has 0 aromatic heterocycles. The van der Waals surface area contributed by atoms with Crippen molar-refractivity contribution < 1.29 is 14.3 Å². The van der Waals surface area contributed by atoms with E-state index in [1.807, 2.05) is 25.1 Å². The molecule has 24 heavy (non-hydrogen) atoms. The van der Waals surface area contributed by atoms with Crippen molar-refractivity contribution in [3.8, 4) is 5.75 Å². The third-order valence-corrected chi connectivity index (χ3v) is 3.44. The Morgan fingerprint density at radius 3 is 2.46 bits per heavy atom. The first kappa shape index (κ1) is 17.8. The van der Waals surface area contributed by atoms with Crippen LogP contribution in [0.5, 0.6) is 5.75 Å². The average molecular weight is 347 g/mol. The number of ether oxygens (including phenoxy) is 1. The van der Waals surface area contributed by atoms with Crippen molar-refractivity contribution >= 4 is 29.1 Å². The monoisotopic (exact) mass is 346 g/mol. The highest BCUT2D eigenvalue weighted by Crippen LogP contribution is 2.23. The lowest BCUT2D eigenvalue weighted by molar-refractivity contribution is -0.126. The van der Waals surface area contributed by atoms with Gasteiger partial charge in [-0.05, 0) is 36.8 Å². The zero-order valence-corrected chi connectivity index (χ0v) is 14.1. The summed E-state index contributed by atoms with van der Waals surface area (Å²) in [4.78, 5) is 23.9. The van der Waals surface area contributed by atoms with Gasteiger partial charge in [0.25, 0.3) is 0 Å². The van der Waals surface area contributed by atoms with Crippen LogP contribution in [0.2, 0.25) is 5.02 Å². The minimum atomic E-state index is -0.393. The molecular formula is C18H19ClN2O3. The molecule has 0 radical (unpaired) electrons. The summed E-state index contributed by atoms with van der Waals surface area (Å²) in [5, 5.41) is 6.03. The Hall–Kier alpha value is -2.53. The molecule has 2 amide bonds. The Morgan fingerprint density at radius 2 is 1.75 bits per heavy atom. The molecule has 2 N–H and O–H groups in total. The minimum Gasteiger partial charge on any atom is -0.492 e. The predicted octanol–water partition coefficient (Wildman–Crippen LogP) is 3.38. The summed E-state index contributed by atoms with van der Waals surface area (Å²) in [7, 11) is 0. The first-order chi connectivity index (χ1) is 11.6. The maximum atomic E-state index is 12.0. The summed E-state index contributed by atoms with van der Waals surface area (Å²) < 4.78 is 5.43. The second kappa shape index (κ2) is 8.93. The molecule has 126 valence electrons. The van der Waals surface area contributed by atoms with Gasteiger partial charge in [0.1, 0.15) is 12.2 Å². The summed E-state index contributed by atoms with van der Waals surface area (Å²) >= 11 is 5.80. The Labute approximate surface area is 146 Å². The van der Waals surface area contributed by atoms with Crippen LogP contribution in [0.15, 0.2) is 48.5 Å². The van der Waals surface area contributed by atoms with Crippen molar-refractivity contribution in [3.63, 3.8) is 0 Å². The molecule has 0 saturated heterocycles. The van der Waals surface area contributed by atoms with Gasteiger partial charge in [-0.25, -0.2) is 0 Å². The van der Waals surface area contributed by atoms with Crippen LogP contribution in [0.25, 0.3) is 0 Å². The van der Waals surface area contributed by atoms with Crippen LogP contribution in [0.1, 0.15) is 18.9 Å². The molecule has 6 heteroatoms. The molecule has 5 nitrogen and oxygen atoms in total. The largest absolute Gasteiger partial charge is 0.492 e. The van der Waals surface area contributed by atoms with Gasteiger partial charge in [0.2, 0.25) is 11.8 Å². The van der Waals surface area contributed by atoms with Gasteiger partial charge in [-0.1, -0.05) is 35.9 Å². The van der Waals surface area contributed by atoms with E-state index in [0.29, 0.717) is 29.6 Å². The molecule has 0 spiro atoms. The number of halogens is 1. The minimum absolute atomic E-state index is 0.256. The average Bonchev–Trinajstić information content (AvgIpc) is 2.56. The fraction of sp³-hybridized carbons (Fsp3) is 0.222. The molecular weight excluding hydrogens is 328 g/mol. The fourth-order valence-corrected chi connectivity index (χ4v) is 2.18.